The van der Waals surface area contributed by atoms with Crippen molar-refractivity contribution in [3.05, 3.63) is 46.5 Å². The van der Waals surface area contributed by atoms with Gasteiger partial charge in [-0.1, -0.05) is 25.0 Å². The number of rotatable bonds is 18. The number of carbonyl (C=O) groups is 1. The number of amides is 1. The van der Waals surface area contributed by atoms with Crippen LogP contribution in [0.15, 0.2) is 35.4 Å². The first-order chi connectivity index (χ1) is 23.0. The van der Waals surface area contributed by atoms with Crippen LogP contribution in [0.2, 0.25) is 0 Å². The second kappa shape index (κ2) is 16.3. The van der Waals surface area contributed by atoms with Crippen molar-refractivity contribution in [2.45, 2.75) is 50.2 Å². The predicted octanol–water partition coefficient (Wildman–Crippen LogP) is 0.721. The molecule has 0 aliphatic carbocycles. The van der Waals surface area contributed by atoms with Crippen LogP contribution in [-0.4, -0.2) is 95.4 Å². The van der Waals surface area contributed by atoms with Crippen molar-refractivity contribution >= 4 is 52.2 Å². The average Bonchev–Trinajstić information content (AvgIpc) is 3.56. The summed E-state index contributed by atoms with van der Waals surface area (Å²) >= 11 is 0. The average molecular weight is 756 g/mol. The summed E-state index contributed by atoms with van der Waals surface area (Å²) < 4.78 is 60.6. The van der Waals surface area contributed by atoms with Crippen LogP contribution in [0.1, 0.15) is 42.3 Å². The van der Waals surface area contributed by atoms with Crippen molar-refractivity contribution in [2.24, 2.45) is 0 Å². The van der Waals surface area contributed by atoms with E-state index >= 15 is 0 Å². The van der Waals surface area contributed by atoms with Gasteiger partial charge in [0.15, 0.2) is 17.4 Å². The fraction of sp³-hybridized carbons (Fsp3) is 0.500. The minimum Gasteiger partial charge on any atom is -0.387 e. The zero-order valence-electron chi connectivity index (χ0n) is 25.7. The number of hydrogen-bond acceptors (Lipinski definition) is 16. The monoisotopic (exact) mass is 755 g/mol. The van der Waals surface area contributed by atoms with Crippen molar-refractivity contribution in [1.29, 1.82) is 0 Å². The van der Waals surface area contributed by atoms with Crippen molar-refractivity contribution in [3.8, 4) is 0 Å². The van der Waals surface area contributed by atoms with E-state index in [9.17, 15) is 48.2 Å². The zero-order valence-corrected chi connectivity index (χ0v) is 28.4. The smallest absolute Gasteiger partial charge is 0.387 e. The number of nitrogens with one attached hydrogen (secondary N) is 3. The predicted molar refractivity (Wildman–Crippen MR) is 169 cm³/mol. The number of para-hydroxylation sites is 1. The molecule has 0 saturated carbocycles. The highest BCUT2D eigenvalue weighted by atomic mass is 31.3. The highest BCUT2D eigenvalue weighted by molar-refractivity contribution is 7.66. The van der Waals surface area contributed by atoms with Crippen LogP contribution in [0.4, 0.5) is 11.6 Å². The quantitative estimate of drug-likeness (QED) is 0.0638. The molecule has 22 nitrogen and oxygen atoms in total. The first-order valence-electron chi connectivity index (χ1n) is 14.5. The van der Waals surface area contributed by atoms with Gasteiger partial charge in [-0.05, 0) is 25.0 Å². The number of imidazole rings is 1. The molecule has 3 heterocycles. The third kappa shape index (κ3) is 10.5. The molecule has 7 atom stereocenters. The second-order valence-electron chi connectivity index (χ2n) is 10.5. The van der Waals surface area contributed by atoms with E-state index in [1.807, 2.05) is 0 Å². The summed E-state index contributed by atoms with van der Waals surface area (Å²) in [7, 11) is -14.9. The third-order valence-electron chi connectivity index (χ3n) is 6.93. The van der Waals surface area contributed by atoms with E-state index in [0.717, 1.165) is 10.9 Å². The maximum atomic E-state index is 12.3. The van der Waals surface area contributed by atoms with E-state index in [4.69, 9.17) is 10.5 Å². The number of aromatic amines is 1. The number of fused-ring (bicyclic) bond motifs is 1. The van der Waals surface area contributed by atoms with E-state index in [1.54, 1.807) is 31.3 Å². The maximum absolute atomic E-state index is 12.3. The van der Waals surface area contributed by atoms with Crippen LogP contribution < -0.4 is 21.9 Å². The van der Waals surface area contributed by atoms with Gasteiger partial charge in [0.2, 0.25) is 5.95 Å². The molecule has 10 N–H and O–H groups in total. The molecule has 0 radical (unpaired) electrons. The highest BCUT2D eigenvalue weighted by Crippen LogP contribution is 2.67. The summed E-state index contributed by atoms with van der Waals surface area (Å²) in [5.74, 6) is -0.527. The summed E-state index contributed by atoms with van der Waals surface area (Å²) in [5, 5.41) is 26.6. The first-order valence-corrected chi connectivity index (χ1v) is 19.0. The lowest BCUT2D eigenvalue weighted by Gasteiger charge is -2.20. The number of phosphoric acid groups is 3. The molecule has 1 amide bonds. The minimum atomic E-state index is -5.76. The van der Waals surface area contributed by atoms with Gasteiger partial charge in [0.25, 0.3) is 11.5 Å². The van der Waals surface area contributed by atoms with Gasteiger partial charge in [-0.25, -0.2) is 18.7 Å². The molecule has 2 aromatic heterocycles. The first kappa shape index (κ1) is 38.7. The largest absolute Gasteiger partial charge is 0.490 e. The molecule has 49 heavy (non-hydrogen) atoms. The zero-order chi connectivity index (χ0) is 36.0. The number of benzene rings is 1. The van der Waals surface area contributed by atoms with Crippen LogP contribution in [0.5, 0.6) is 0 Å². The Hall–Kier alpha value is -3.07. The van der Waals surface area contributed by atoms with Crippen LogP contribution in [0.25, 0.3) is 11.2 Å². The molecule has 3 unspecified atom stereocenters. The maximum Gasteiger partial charge on any atom is 0.490 e. The Balaban J connectivity index is 1.17. The second-order valence-corrected chi connectivity index (χ2v) is 15.1. The van der Waals surface area contributed by atoms with E-state index in [-0.39, 0.29) is 29.4 Å². The van der Waals surface area contributed by atoms with Crippen LogP contribution in [0, 0.1) is 0 Å². The number of aromatic nitrogens is 4. The molecule has 25 heteroatoms. The van der Waals surface area contributed by atoms with Crippen molar-refractivity contribution in [3.63, 3.8) is 0 Å². The van der Waals surface area contributed by atoms with E-state index in [0.29, 0.717) is 37.1 Å². The van der Waals surface area contributed by atoms with Gasteiger partial charge in [-0.3, -0.25) is 28.2 Å². The molecule has 4 rings (SSSR count). The van der Waals surface area contributed by atoms with Crippen LogP contribution in [-0.2, 0) is 36.1 Å². The number of phosphoric ester groups is 2. The SMILES string of the molecule is CNc1ccccc1C(=O)NCCCCCCOP(=O)(O)OP(=O)(O)OP(=O)(O)OC[C@H]1O[C@@H](n2cnc3c(=O)[nH]c(N)nc32)[C@H](O)[C@@H]1O. The number of anilines is 2. The number of nitrogen functional groups attached to an aromatic ring is 1. The number of aliphatic hydroxyl groups excluding tert-OH is 2. The summed E-state index contributed by atoms with van der Waals surface area (Å²) in [6.07, 6.45) is -3.48. The lowest BCUT2D eigenvalue weighted by Crippen LogP contribution is -2.33. The van der Waals surface area contributed by atoms with E-state index in [1.165, 1.54) is 0 Å². The highest BCUT2D eigenvalue weighted by Gasteiger charge is 2.47. The number of nitrogens with zero attached hydrogens (tertiary/aromatic N) is 3. The molecule has 1 fully saturated rings. The summed E-state index contributed by atoms with van der Waals surface area (Å²) in [4.78, 5) is 63.9. The van der Waals surface area contributed by atoms with E-state index < -0.39 is 66.8 Å². The Morgan fingerprint density at radius 1 is 1.02 bits per heavy atom. The number of ether oxygens (including phenoxy) is 1. The molecule has 1 aliphatic rings. The fourth-order valence-corrected chi connectivity index (χ4v) is 8.22. The van der Waals surface area contributed by atoms with E-state index in [2.05, 4.69) is 43.3 Å². The molecule has 1 aromatic carbocycles. The standard InChI is InChI=1S/C24H36N7O15P3/c1-26-15-9-5-4-8-14(15)21(34)27-10-6-2-3-7-11-42-47(36,37)45-49(40,41)46-48(38,39)43-12-16-18(32)19(33)23(44-16)31-13-28-17-20(31)29-24(25)30-22(17)35/h4-5,8-9,13,16,18-19,23,26,32-33H,2-3,6-7,10-12H2,1H3,(H,27,34)(H,36,37)(H,38,39)(H,40,41)(H3,25,29,30,35)/t16-,18-,19-,23-/m1/s1. The molecule has 0 bridgehead atoms. The van der Waals surface area contributed by atoms with Gasteiger partial charge in [-0.2, -0.15) is 13.6 Å². The molecule has 0 spiro atoms. The van der Waals surface area contributed by atoms with Crippen LogP contribution in [0.3, 0.4) is 0 Å². The molecule has 1 saturated heterocycles. The van der Waals surface area contributed by atoms with Crippen LogP contribution >= 0.6 is 23.5 Å². The number of hydrogen-bond donors (Lipinski definition) is 9. The van der Waals surface area contributed by atoms with Gasteiger partial charge >= 0.3 is 23.5 Å². The number of unbranched alkanes of at least 4 members (excludes halogenated alkanes) is 3. The fourth-order valence-electron chi connectivity index (χ4n) is 4.67. The Kier molecular flexibility index (Phi) is 12.9. The van der Waals surface area contributed by atoms with Gasteiger partial charge in [0.05, 0.1) is 25.1 Å². The summed E-state index contributed by atoms with van der Waals surface area (Å²) in [5.41, 5.74) is 5.75. The topological polar surface area (TPSA) is 329 Å². The molecule has 3 aromatic rings. The van der Waals surface area contributed by atoms with Gasteiger partial charge in [0, 0.05) is 19.3 Å². The third-order valence-corrected chi connectivity index (χ3v) is 11.2. The molecule has 1 aliphatic heterocycles. The summed E-state index contributed by atoms with van der Waals surface area (Å²) in [6.45, 7) is -1.03. The minimum absolute atomic E-state index is 0.114. The Morgan fingerprint density at radius 3 is 2.41 bits per heavy atom. The Labute approximate surface area is 277 Å². The van der Waals surface area contributed by atoms with Crippen molar-refractivity contribution in [2.75, 3.05) is 37.9 Å². The van der Waals surface area contributed by atoms with Gasteiger partial charge in [-0.15, -0.1) is 0 Å². The molecular weight excluding hydrogens is 719 g/mol. The lowest BCUT2D eigenvalue weighted by molar-refractivity contribution is -0.0503. The Morgan fingerprint density at radius 2 is 1.69 bits per heavy atom. The number of nitrogens with two attached hydrogens (primary N) is 1. The summed E-state index contributed by atoms with van der Waals surface area (Å²) in [6, 6.07) is 6.99. The molecular formula is C24H36N7O15P3. The number of aliphatic hydroxyl groups is 2. The van der Waals surface area contributed by atoms with Crippen molar-refractivity contribution < 1.29 is 65.8 Å². The molecule has 272 valence electrons. The van der Waals surface area contributed by atoms with Crippen molar-refractivity contribution in [1.82, 2.24) is 24.8 Å². The Bertz CT molecular complexity index is 1820. The number of carbonyl (C=O) groups excluding carboxylic acids is 1. The number of H-pyrrole nitrogens is 1. The van der Waals surface area contributed by atoms with Gasteiger partial charge in [0.1, 0.15) is 18.3 Å². The normalized spacial score (nSPS) is 23.1. The lowest BCUT2D eigenvalue weighted by atomic mass is 10.1. The van der Waals surface area contributed by atoms with Gasteiger partial charge < -0.3 is 46.0 Å².